The van der Waals surface area contributed by atoms with Crippen LogP contribution in [0.15, 0.2) is 30.3 Å². The molecule has 1 atom stereocenters. The molecule has 0 radical (unpaired) electrons. The van der Waals surface area contributed by atoms with Crippen LogP contribution in [0.25, 0.3) is 10.9 Å². The largest absolute Gasteiger partial charge is 0.478 e. The average Bonchev–Trinajstić information content (AvgIpc) is 2.45. The predicted octanol–water partition coefficient (Wildman–Crippen LogP) is 3.15. The summed E-state index contributed by atoms with van der Waals surface area (Å²) in [5, 5.41) is 13.3. The van der Waals surface area contributed by atoms with Crippen molar-refractivity contribution in [1.82, 2.24) is 4.98 Å². The number of pyridine rings is 1. The Morgan fingerprint density at radius 3 is 2.90 bits per heavy atom. The summed E-state index contributed by atoms with van der Waals surface area (Å²) in [6.45, 7) is 2.00. The molecular formula is C16H16N2O2. The Balaban J connectivity index is 2.47. The lowest BCUT2D eigenvalue weighted by Gasteiger charge is -2.17. The monoisotopic (exact) mass is 268 g/mol. The number of carboxylic acids is 1. The van der Waals surface area contributed by atoms with E-state index in [4.69, 9.17) is 6.42 Å². The average molecular weight is 268 g/mol. The van der Waals surface area contributed by atoms with E-state index in [1.807, 2.05) is 31.2 Å². The molecule has 0 aliphatic heterocycles. The third-order valence-electron chi connectivity index (χ3n) is 3.15. The highest BCUT2D eigenvalue weighted by atomic mass is 16.4. The van der Waals surface area contributed by atoms with Crippen LogP contribution in [0, 0.1) is 12.3 Å². The Hall–Kier alpha value is -2.54. The number of anilines is 1. The van der Waals surface area contributed by atoms with Crippen molar-refractivity contribution >= 4 is 22.7 Å². The molecule has 0 amide bonds. The lowest BCUT2D eigenvalue weighted by Crippen LogP contribution is -2.20. The fourth-order valence-electron chi connectivity index (χ4n) is 2.02. The number of hydrogen-bond donors (Lipinski definition) is 2. The normalized spacial score (nSPS) is 11.8. The minimum absolute atomic E-state index is 0.0202. The second-order valence-corrected chi connectivity index (χ2v) is 4.54. The van der Waals surface area contributed by atoms with E-state index in [-0.39, 0.29) is 11.6 Å². The number of nitrogens with zero attached hydrogens (tertiary/aromatic N) is 1. The van der Waals surface area contributed by atoms with Gasteiger partial charge in [0.2, 0.25) is 0 Å². The van der Waals surface area contributed by atoms with Crippen molar-refractivity contribution in [3.05, 3.63) is 35.9 Å². The van der Waals surface area contributed by atoms with Crippen LogP contribution in [0.5, 0.6) is 0 Å². The Morgan fingerprint density at radius 2 is 2.25 bits per heavy atom. The van der Waals surface area contributed by atoms with E-state index in [2.05, 4.69) is 16.2 Å². The van der Waals surface area contributed by atoms with E-state index in [9.17, 15) is 9.90 Å². The summed E-state index contributed by atoms with van der Waals surface area (Å²) in [4.78, 5) is 15.8. The van der Waals surface area contributed by atoms with Gasteiger partial charge in [0.1, 0.15) is 11.4 Å². The first-order valence-corrected chi connectivity index (χ1v) is 6.48. The van der Waals surface area contributed by atoms with Crippen molar-refractivity contribution in [2.45, 2.75) is 25.8 Å². The first kappa shape index (κ1) is 13.9. The lowest BCUT2D eigenvalue weighted by molar-refractivity contribution is 0.0697. The van der Waals surface area contributed by atoms with Gasteiger partial charge in [-0.2, -0.15) is 0 Å². The van der Waals surface area contributed by atoms with Gasteiger partial charge in [0.25, 0.3) is 0 Å². The third kappa shape index (κ3) is 2.89. The van der Waals surface area contributed by atoms with Gasteiger partial charge < -0.3 is 10.4 Å². The molecule has 1 heterocycles. The third-order valence-corrected chi connectivity index (χ3v) is 3.15. The molecule has 4 heteroatoms. The Morgan fingerprint density at radius 1 is 1.50 bits per heavy atom. The van der Waals surface area contributed by atoms with Gasteiger partial charge in [-0.15, -0.1) is 12.3 Å². The predicted molar refractivity (Wildman–Crippen MR) is 79.9 cm³/mol. The number of aromatic nitrogens is 1. The van der Waals surface area contributed by atoms with Crippen LogP contribution >= 0.6 is 0 Å². The summed E-state index contributed by atoms with van der Waals surface area (Å²) >= 11 is 0. The molecule has 0 fully saturated rings. The Bertz CT molecular complexity index is 674. The molecule has 0 bridgehead atoms. The molecule has 0 saturated heterocycles. The fourth-order valence-corrected chi connectivity index (χ4v) is 2.02. The molecule has 0 aliphatic carbocycles. The van der Waals surface area contributed by atoms with Crippen molar-refractivity contribution in [3.63, 3.8) is 0 Å². The fraction of sp³-hybridized carbons (Fsp3) is 0.250. The Labute approximate surface area is 117 Å². The minimum atomic E-state index is -0.999. The van der Waals surface area contributed by atoms with Gasteiger partial charge in [-0.05, 0) is 18.6 Å². The maximum atomic E-state index is 11.4. The molecule has 1 aromatic carbocycles. The van der Waals surface area contributed by atoms with Gasteiger partial charge in [-0.25, -0.2) is 9.78 Å². The van der Waals surface area contributed by atoms with Crippen molar-refractivity contribution in [1.29, 1.82) is 0 Å². The molecule has 2 aromatic rings. The highest BCUT2D eigenvalue weighted by Crippen LogP contribution is 2.22. The standard InChI is InChI=1S/C16H16N2O2/c1-3-7-12(4-2)17-15-13(16(19)20)10-11-8-5-6-9-14(11)18-15/h1,5-6,8-10,12H,4,7H2,2H3,(H,17,18)(H,19,20). The van der Waals surface area contributed by atoms with Crippen molar-refractivity contribution in [2.75, 3.05) is 5.32 Å². The van der Waals surface area contributed by atoms with Gasteiger partial charge in [-0.3, -0.25) is 0 Å². The van der Waals surface area contributed by atoms with Gasteiger partial charge in [0, 0.05) is 17.8 Å². The molecule has 2 rings (SSSR count). The number of nitrogens with one attached hydrogen (secondary N) is 1. The number of carbonyl (C=O) groups is 1. The van der Waals surface area contributed by atoms with E-state index >= 15 is 0 Å². The zero-order valence-electron chi connectivity index (χ0n) is 11.3. The summed E-state index contributed by atoms with van der Waals surface area (Å²) in [5.41, 5.74) is 0.926. The molecule has 102 valence electrons. The summed E-state index contributed by atoms with van der Waals surface area (Å²) in [6.07, 6.45) is 6.66. The second-order valence-electron chi connectivity index (χ2n) is 4.54. The molecule has 1 unspecified atom stereocenters. The number of fused-ring (bicyclic) bond motifs is 1. The zero-order chi connectivity index (χ0) is 14.5. The smallest absolute Gasteiger partial charge is 0.339 e. The van der Waals surface area contributed by atoms with Crippen LogP contribution in [-0.4, -0.2) is 22.1 Å². The molecule has 0 aliphatic rings. The SMILES string of the molecule is C#CCC(CC)Nc1nc2ccccc2cc1C(=O)O. The van der Waals surface area contributed by atoms with Crippen LogP contribution in [0.4, 0.5) is 5.82 Å². The summed E-state index contributed by atoms with van der Waals surface area (Å²) < 4.78 is 0. The summed E-state index contributed by atoms with van der Waals surface area (Å²) in [7, 11) is 0. The molecule has 1 aromatic heterocycles. The quantitative estimate of drug-likeness (QED) is 0.818. The van der Waals surface area contributed by atoms with E-state index < -0.39 is 5.97 Å². The van der Waals surface area contributed by atoms with Gasteiger partial charge in [0.15, 0.2) is 0 Å². The molecule has 20 heavy (non-hydrogen) atoms. The van der Waals surface area contributed by atoms with E-state index in [0.717, 1.165) is 17.3 Å². The van der Waals surface area contributed by atoms with Crippen LogP contribution in [0.1, 0.15) is 30.1 Å². The molecule has 2 N–H and O–H groups in total. The summed E-state index contributed by atoms with van der Waals surface area (Å²) in [6, 6.07) is 9.09. The van der Waals surface area contributed by atoms with Crippen molar-refractivity contribution in [3.8, 4) is 12.3 Å². The Kier molecular flexibility index (Phi) is 4.21. The molecule has 0 spiro atoms. The maximum absolute atomic E-state index is 11.4. The number of carboxylic acid groups (broad SMARTS) is 1. The van der Waals surface area contributed by atoms with E-state index in [1.54, 1.807) is 6.07 Å². The highest BCUT2D eigenvalue weighted by molar-refractivity contribution is 5.98. The van der Waals surface area contributed by atoms with Crippen LogP contribution in [0.3, 0.4) is 0 Å². The molecular weight excluding hydrogens is 252 g/mol. The van der Waals surface area contributed by atoms with E-state index in [0.29, 0.717) is 12.2 Å². The number of aromatic carboxylic acids is 1. The van der Waals surface area contributed by atoms with Gasteiger partial charge in [0.05, 0.1) is 5.52 Å². The van der Waals surface area contributed by atoms with Crippen LogP contribution in [-0.2, 0) is 0 Å². The van der Waals surface area contributed by atoms with Gasteiger partial charge >= 0.3 is 5.97 Å². The molecule has 4 nitrogen and oxygen atoms in total. The zero-order valence-corrected chi connectivity index (χ0v) is 11.3. The van der Waals surface area contributed by atoms with Gasteiger partial charge in [-0.1, -0.05) is 25.1 Å². The minimum Gasteiger partial charge on any atom is -0.478 e. The maximum Gasteiger partial charge on any atom is 0.339 e. The second kappa shape index (κ2) is 6.07. The number of para-hydroxylation sites is 1. The number of hydrogen-bond acceptors (Lipinski definition) is 3. The highest BCUT2D eigenvalue weighted by Gasteiger charge is 2.15. The molecule has 0 saturated carbocycles. The first-order chi connectivity index (χ1) is 9.65. The van der Waals surface area contributed by atoms with Crippen LogP contribution in [0.2, 0.25) is 0 Å². The lowest BCUT2D eigenvalue weighted by atomic mass is 10.1. The first-order valence-electron chi connectivity index (χ1n) is 6.48. The number of rotatable bonds is 5. The number of benzene rings is 1. The van der Waals surface area contributed by atoms with Crippen molar-refractivity contribution < 1.29 is 9.90 Å². The van der Waals surface area contributed by atoms with E-state index in [1.165, 1.54) is 0 Å². The number of terminal acetylenes is 1. The topological polar surface area (TPSA) is 62.2 Å². The van der Waals surface area contributed by atoms with Crippen LogP contribution < -0.4 is 5.32 Å². The summed E-state index contributed by atoms with van der Waals surface area (Å²) in [5.74, 6) is 1.96. The van der Waals surface area contributed by atoms with Crippen molar-refractivity contribution in [2.24, 2.45) is 0 Å².